The Labute approximate surface area is 259 Å². The number of rotatable bonds is 10. The van der Waals surface area contributed by atoms with Crippen LogP contribution in [0.4, 0.5) is 4.39 Å². The smallest absolute Gasteiger partial charge is 0.232 e. The fourth-order valence-corrected chi connectivity index (χ4v) is 9.55. The summed E-state index contributed by atoms with van der Waals surface area (Å²) in [6.07, 6.45) is 6.51. The molecule has 0 aliphatic carbocycles. The van der Waals surface area contributed by atoms with Crippen LogP contribution in [0.5, 0.6) is 0 Å². The Balaban J connectivity index is 1.76. The average Bonchev–Trinajstić information content (AvgIpc) is 3.02. The zero-order chi connectivity index (χ0) is 30.5. The largest absolute Gasteiger partial charge is 0.350 e. The molecule has 242 valence electrons. The van der Waals surface area contributed by atoms with Crippen molar-refractivity contribution < 1.29 is 9.18 Å². The Morgan fingerprint density at radius 2 is 1.83 bits per heavy atom. The van der Waals surface area contributed by atoms with Gasteiger partial charge in [0.1, 0.15) is 11.6 Å². The lowest BCUT2D eigenvalue weighted by molar-refractivity contribution is -0.125. The zero-order valence-electron chi connectivity index (χ0n) is 26.9. The monoisotopic (exact) mass is 611 g/mol. The molecule has 8 unspecified atom stereocenters. The summed E-state index contributed by atoms with van der Waals surface area (Å²) >= 11 is 6.91. The predicted octanol–water partition coefficient (Wildman–Crippen LogP) is 3.57. The van der Waals surface area contributed by atoms with Crippen LogP contribution in [0.15, 0.2) is 4.99 Å². The molecule has 8 atom stereocenters. The first-order valence-electron chi connectivity index (χ1n) is 16.9. The molecule has 42 heavy (non-hydrogen) atoms. The second-order valence-corrected chi connectivity index (χ2v) is 14.3. The van der Waals surface area contributed by atoms with E-state index in [1.807, 2.05) is 0 Å². The van der Waals surface area contributed by atoms with Crippen molar-refractivity contribution in [2.24, 2.45) is 27.5 Å². The summed E-state index contributed by atoms with van der Waals surface area (Å²) in [4.78, 5) is 22.2. The number of nitrogens with one attached hydrogen (secondary N) is 4. The van der Waals surface area contributed by atoms with E-state index in [2.05, 4.69) is 60.8 Å². The van der Waals surface area contributed by atoms with Gasteiger partial charge in [0.05, 0.1) is 24.1 Å². The number of amides is 1. The van der Waals surface area contributed by atoms with Gasteiger partial charge in [-0.05, 0) is 43.9 Å². The van der Waals surface area contributed by atoms with Crippen LogP contribution in [0.2, 0.25) is 0 Å². The van der Waals surface area contributed by atoms with Crippen LogP contribution in [0, 0.1) is 16.7 Å². The quantitative estimate of drug-likeness (QED) is 0.242. The molecule has 0 aromatic heterocycles. The number of piperidine rings is 1. The van der Waals surface area contributed by atoms with Crippen molar-refractivity contribution in [3.63, 3.8) is 0 Å². The molecular formula is C32H59ClFN7O. The van der Waals surface area contributed by atoms with E-state index in [0.717, 1.165) is 70.4 Å². The Hall–Kier alpha value is -0.840. The Morgan fingerprint density at radius 3 is 2.48 bits per heavy atom. The van der Waals surface area contributed by atoms with Gasteiger partial charge in [0.15, 0.2) is 0 Å². The van der Waals surface area contributed by atoms with E-state index in [0.29, 0.717) is 32.4 Å². The maximum absolute atomic E-state index is 16.6. The zero-order valence-corrected chi connectivity index (χ0v) is 27.7. The second kappa shape index (κ2) is 14.5. The van der Waals surface area contributed by atoms with Crippen molar-refractivity contribution in [1.29, 1.82) is 0 Å². The van der Waals surface area contributed by atoms with Gasteiger partial charge in [0.2, 0.25) is 5.91 Å². The number of piperazine rings is 1. The van der Waals surface area contributed by atoms with E-state index in [4.69, 9.17) is 22.3 Å². The molecule has 0 aromatic rings. The maximum atomic E-state index is 16.6. The van der Waals surface area contributed by atoms with Gasteiger partial charge in [-0.15, -0.1) is 11.6 Å². The molecule has 4 heterocycles. The van der Waals surface area contributed by atoms with Crippen LogP contribution in [0.25, 0.3) is 0 Å². The summed E-state index contributed by atoms with van der Waals surface area (Å²) in [7, 11) is 0. The molecule has 6 N–H and O–H groups in total. The van der Waals surface area contributed by atoms with E-state index < -0.39 is 23.2 Å². The van der Waals surface area contributed by atoms with E-state index in [1.165, 1.54) is 0 Å². The molecule has 0 radical (unpaired) electrons. The number of hydrogen-bond donors (Lipinski definition) is 5. The first kappa shape index (κ1) is 34.0. The highest BCUT2D eigenvalue weighted by Gasteiger charge is 2.59. The summed E-state index contributed by atoms with van der Waals surface area (Å²) in [5, 5.41) is 13.9. The van der Waals surface area contributed by atoms with Crippen molar-refractivity contribution in [2.75, 3.05) is 45.8 Å². The highest BCUT2D eigenvalue weighted by molar-refractivity contribution is 6.21. The van der Waals surface area contributed by atoms with Gasteiger partial charge in [0, 0.05) is 62.5 Å². The molecule has 2 bridgehead atoms. The van der Waals surface area contributed by atoms with Crippen LogP contribution in [0.3, 0.4) is 0 Å². The van der Waals surface area contributed by atoms with Gasteiger partial charge in [-0.2, -0.15) is 0 Å². The molecule has 8 nitrogen and oxygen atoms in total. The maximum Gasteiger partial charge on any atom is 0.232 e. The van der Waals surface area contributed by atoms with E-state index >= 15 is 4.39 Å². The van der Waals surface area contributed by atoms with Gasteiger partial charge in [-0.25, -0.2) is 4.39 Å². The van der Waals surface area contributed by atoms with Gasteiger partial charge >= 0.3 is 0 Å². The van der Waals surface area contributed by atoms with Gasteiger partial charge < -0.3 is 21.7 Å². The number of nitrogens with two attached hydrogens (primary N) is 1. The van der Waals surface area contributed by atoms with Crippen LogP contribution in [-0.4, -0.2) is 97.7 Å². The topological polar surface area (TPSA) is 107 Å². The Morgan fingerprint density at radius 1 is 1.12 bits per heavy atom. The average molecular weight is 612 g/mol. The van der Waals surface area contributed by atoms with E-state index in [1.54, 1.807) is 0 Å². The number of aliphatic imine (C=N–C) groups is 1. The van der Waals surface area contributed by atoms with Crippen molar-refractivity contribution >= 4 is 23.2 Å². The lowest BCUT2D eigenvalue weighted by atomic mass is 9.53. The second-order valence-electron chi connectivity index (χ2n) is 13.7. The molecule has 0 aromatic carbocycles. The molecule has 0 spiro atoms. The normalized spacial score (nSPS) is 40.7. The number of carbonyl (C=O) groups excluding carboxylic acids is 1. The lowest BCUT2D eigenvalue weighted by Gasteiger charge is -2.52. The number of alkyl halides is 2. The highest BCUT2D eigenvalue weighted by Crippen LogP contribution is 2.56. The minimum Gasteiger partial charge on any atom is -0.350 e. The first-order chi connectivity index (χ1) is 20.1. The third-order valence-electron chi connectivity index (χ3n) is 11.5. The van der Waals surface area contributed by atoms with Crippen molar-refractivity contribution in [3.05, 3.63) is 0 Å². The van der Waals surface area contributed by atoms with Gasteiger partial charge in [-0.3, -0.25) is 20.0 Å². The predicted molar refractivity (Wildman–Crippen MR) is 172 cm³/mol. The molecule has 3 fully saturated rings. The molecular weight excluding hydrogens is 553 g/mol. The molecule has 10 heteroatoms. The van der Waals surface area contributed by atoms with E-state index in [-0.39, 0.29) is 41.4 Å². The first-order valence-corrected chi connectivity index (χ1v) is 17.4. The minimum absolute atomic E-state index is 0.00549. The number of unbranched alkanes of at least 4 members (excludes halogenated alkanes) is 1. The minimum atomic E-state index is -1.37. The van der Waals surface area contributed by atoms with Crippen LogP contribution < -0.4 is 27.0 Å². The number of fused-ring (bicyclic) bond motifs is 3. The fraction of sp³-hybridized carbons (Fsp3) is 0.938. The number of carbonyl (C=O) groups is 1. The summed E-state index contributed by atoms with van der Waals surface area (Å²) in [6.45, 7) is 16.2. The molecule has 4 rings (SSSR count). The third kappa shape index (κ3) is 6.57. The van der Waals surface area contributed by atoms with Gasteiger partial charge in [0.25, 0.3) is 0 Å². The number of halogens is 2. The summed E-state index contributed by atoms with van der Waals surface area (Å²) in [6, 6.07) is -0.133. The standard InChI is InChI=1S/C32H59ClFN7O/c1-6-10-13-31(34)14-11-24-32(8-3,9-4)30(5,12-7-2)27(38-21-31)25(28(35)40-24)29(42)39-23-20-37-19-22(33)26(23)41-17-15-36-16-18-41/h22-26,28,36-37,40H,6-21,35H2,1-5H3,(H,39,42)/b38-27-. The summed E-state index contributed by atoms with van der Waals surface area (Å²) in [5.74, 6) is -0.800. The van der Waals surface area contributed by atoms with Crippen LogP contribution in [0.1, 0.15) is 92.4 Å². The number of nitrogens with zero attached hydrogens (tertiary/aromatic N) is 2. The van der Waals surface area contributed by atoms with E-state index in [9.17, 15) is 4.79 Å². The fourth-order valence-electron chi connectivity index (χ4n) is 9.11. The van der Waals surface area contributed by atoms with Crippen molar-refractivity contribution in [1.82, 2.24) is 26.2 Å². The molecule has 1 amide bonds. The Kier molecular flexibility index (Phi) is 11.8. The van der Waals surface area contributed by atoms with Gasteiger partial charge in [-0.1, -0.05) is 53.9 Å². The summed E-state index contributed by atoms with van der Waals surface area (Å²) < 4.78 is 16.6. The molecule has 4 aliphatic heterocycles. The molecule has 4 aliphatic rings. The SMILES string of the molecule is CCCCC1(F)CCC2NC(N)C(C(=O)NC3CNCC(Cl)C3N3CCNCC3)/C(=N/C1)C(C)(CCC)C2(CC)CC. The highest BCUT2D eigenvalue weighted by atomic mass is 35.5. The molecule has 0 saturated carbocycles. The lowest BCUT2D eigenvalue weighted by Crippen LogP contribution is -2.68. The van der Waals surface area contributed by atoms with Crippen molar-refractivity contribution in [2.45, 2.75) is 128 Å². The van der Waals surface area contributed by atoms with Crippen LogP contribution in [-0.2, 0) is 4.79 Å². The number of hydrogen-bond acceptors (Lipinski definition) is 7. The summed E-state index contributed by atoms with van der Waals surface area (Å²) in [5.41, 5.74) is 5.83. The third-order valence-corrected chi connectivity index (χ3v) is 11.9. The van der Waals surface area contributed by atoms with Crippen molar-refractivity contribution in [3.8, 4) is 0 Å². The Bertz CT molecular complexity index is 929. The molecule has 3 saturated heterocycles. The van der Waals surface area contributed by atoms with Crippen LogP contribution >= 0.6 is 11.6 Å².